The summed E-state index contributed by atoms with van der Waals surface area (Å²) in [4.78, 5) is 2.58. The zero-order chi connectivity index (χ0) is 12.3. The van der Waals surface area contributed by atoms with E-state index in [9.17, 15) is 0 Å². The third-order valence-electron chi connectivity index (χ3n) is 3.84. The topological polar surface area (TPSA) is 15.3 Å². The van der Waals surface area contributed by atoms with E-state index >= 15 is 0 Å². The van der Waals surface area contributed by atoms with E-state index in [1.807, 2.05) is 7.05 Å². The first kappa shape index (κ1) is 12.6. The van der Waals surface area contributed by atoms with E-state index in [-0.39, 0.29) is 5.54 Å². The van der Waals surface area contributed by atoms with Crippen molar-refractivity contribution in [2.75, 3.05) is 26.7 Å². The van der Waals surface area contributed by atoms with Crippen LogP contribution >= 0.6 is 0 Å². The Hall–Kier alpha value is -0.860. The average Bonchev–Trinajstić information content (AvgIpc) is 2.78. The van der Waals surface area contributed by atoms with Gasteiger partial charge in [0, 0.05) is 18.6 Å². The largest absolute Gasteiger partial charge is 0.314 e. The molecule has 1 heterocycles. The summed E-state index contributed by atoms with van der Waals surface area (Å²) < 4.78 is 0. The number of hydrogen-bond acceptors (Lipinski definition) is 2. The fourth-order valence-electron chi connectivity index (χ4n) is 2.61. The lowest BCUT2D eigenvalue weighted by molar-refractivity contribution is 0.243. The van der Waals surface area contributed by atoms with E-state index in [2.05, 4.69) is 54.4 Å². The molecule has 2 heteroatoms. The molecule has 1 N–H and O–H groups in total. The Morgan fingerprint density at radius 2 is 2.00 bits per heavy atom. The van der Waals surface area contributed by atoms with Gasteiger partial charge in [-0.2, -0.15) is 0 Å². The maximum atomic E-state index is 3.38. The van der Waals surface area contributed by atoms with E-state index in [0.29, 0.717) is 0 Å². The number of likely N-dealkylation sites (tertiary alicyclic amines) is 1. The Morgan fingerprint density at radius 3 is 2.65 bits per heavy atom. The molecule has 2 nitrogen and oxygen atoms in total. The van der Waals surface area contributed by atoms with E-state index in [1.54, 1.807) is 0 Å². The lowest BCUT2D eigenvalue weighted by Crippen LogP contribution is -2.46. The Labute approximate surface area is 105 Å². The SMILES string of the molecule is CNC(C)(C)CN1CCC(c2ccccc2)C1. The number of benzene rings is 1. The Balaban J connectivity index is 1.92. The molecule has 0 aromatic heterocycles. The van der Waals surface area contributed by atoms with Gasteiger partial charge in [0.25, 0.3) is 0 Å². The summed E-state index contributed by atoms with van der Waals surface area (Å²) in [7, 11) is 2.05. The van der Waals surface area contributed by atoms with Gasteiger partial charge in [0.2, 0.25) is 0 Å². The molecule has 17 heavy (non-hydrogen) atoms. The normalized spacial score (nSPS) is 21.9. The molecule has 0 radical (unpaired) electrons. The molecule has 94 valence electrons. The fourth-order valence-corrected chi connectivity index (χ4v) is 2.61. The minimum atomic E-state index is 0.214. The molecule has 1 aromatic carbocycles. The van der Waals surface area contributed by atoms with Crippen molar-refractivity contribution in [3.8, 4) is 0 Å². The zero-order valence-electron chi connectivity index (χ0n) is 11.2. The first-order valence-corrected chi connectivity index (χ1v) is 6.57. The predicted molar refractivity (Wildman–Crippen MR) is 73.4 cm³/mol. The van der Waals surface area contributed by atoms with E-state index < -0.39 is 0 Å². The van der Waals surface area contributed by atoms with Crippen LogP contribution in [0.3, 0.4) is 0 Å². The van der Waals surface area contributed by atoms with Gasteiger partial charge in [-0.3, -0.25) is 0 Å². The summed E-state index contributed by atoms with van der Waals surface area (Å²) in [5.74, 6) is 0.726. The van der Waals surface area contributed by atoms with Gasteiger partial charge >= 0.3 is 0 Å². The van der Waals surface area contributed by atoms with Crippen LogP contribution in [-0.2, 0) is 0 Å². The molecule has 1 fully saturated rings. The highest BCUT2D eigenvalue weighted by molar-refractivity contribution is 5.21. The van der Waals surface area contributed by atoms with Gasteiger partial charge in [0.05, 0.1) is 0 Å². The standard InChI is InChI=1S/C15H24N2/c1-15(2,16-3)12-17-10-9-14(11-17)13-7-5-4-6-8-13/h4-8,14,16H,9-12H2,1-3H3. The first-order chi connectivity index (χ1) is 8.11. The highest BCUT2D eigenvalue weighted by Gasteiger charge is 2.27. The Bertz CT molecular complexity index is 345. The molecule has 1 aromatic rings. The van der Waals surface area contributed by atoms with Crippen LogP contribution in [0.4, 0.5) is 0 Å². The Kier molecular flexibility index (Phi) is 3.85. The molecule has 0 spiro atoms. The van der Waals surface area contributed by atoms with Gasteiger partial charge in [-0.15, -0.1) is 0 Å². The van der Waals surface area contributed by atoms with Crippen molar-refractivity contribution < 1.29 is 0 Å². The van der Waals surface area contributed by atoms with Crippen LogP contribution in [0, 0.1) is 0 Å². The van der Waals surface area contributed by atoms with Crippen molar-refractivity contribution in [2.24, 2.45) is 0 Å². The van der Waals surface area contributed by atoms with Crippen molar-refractivity contribution >= 4 is 0 Å². The zero-order valence-corrected chi connectivity index (χ0v) is 11.2. The number of nitrogens with one attached hydrogen (secondary N) is 1. The highest BCUT2D eigenvalue weighted by Crippen LogP contribution is 2.27. The predicted octanol–water partition coefficient (Wildman–Crippen LogP) is 2.47. The second-order valence-corrected chi connectivity index (χ2v) is 5.77. The second-order valence-electron chi connectivity index (χ2n) is 5.77. The summed E-state index contributed by atoms with van der Waals surface area (Å²) in [6, 6.07) is 10.9. The number of rotatable bonds is 4. The molecule has 1 unspecified atom stereocenters. The van der Waals surface area contributed by atoms with Crippen LogP contribution < -0.4 is 5.32 Å². The summed E-state index contributed by atoms with van der Waals surface area (Å²) in [6.45, 7) is 8.10. The molecule has 1 saturated heterocycles. The quantitative estimate of drug-likeness (QED) is 0.858. The van der Waals surface area contributed by atoms with Crippen molar-refractivity contribution in [1.82, 2.24) is 10.2 Å². The second kappa shape index (κ2) is 5.19. The molecule has 1 aliphatic heterocycles. The van der Waals surface area contributed by atoms with Gasteiger partial charge in [-0.25, -0.2) is 0 Å². The van der Waals surface area contributed by atoms with Gasteiger partial charge in [0.15, 0.2) is 0 Å². The lowest BCUT2D eigenvalue weighted by Gasteiger charge is -2.29. The minimum absolute atomic E-state index is 0.214. The molecule has 2 rings (SSSR count). The van der Waals surface area contributed by atoms with Crippen LogP contribution in [0.2, 0.25) is 0 Å². The molecule has 0 aliphatic carbocycles. The van der Waals surface area contributed by atoms with Crippen molar-refractivity contribution in [3.63, 3.8) is 0 Å². The van der Waals surface area contributed by atoms with Crippen LogP contribution in [-0.4, -0.2) is 37.1 Å². The first-order valence-electron chi connectivity index (χ1n) is 6.57. The van der Waals surface area contributed by atoms with Crippen LogP contribution in [0.1, 0.15) is 31.7 Å². The average molecular weight is 232 g/mol. The van der Waals surface area contributed by atoms with E-state index in [1.165, 1.54) is 25.1 Å². The lowest BCUT2D eigenvalue weighted by atomic mass is 9.99. The molecule has 0 amide bonds. The van der Waals surface area contributed by atoms with Crippen molar-refractivity contribution in [3.05, 3.63) is 35.9 Å². The molecule has 1 aliphatic rings. The summed E-state index contributed by atoms with van der Waals surface area (Å²) in [5.41, 5.74) is 1.71. The maximum absolute atomic E-state index is 3.38. The molecule has 0 bridgehead atoms. The van der Waals surface area contributed by atoms with Crippen molar-refractivity contribution in [1.29, 1.82) is 0 Å². The van der Waals surface area contributed by atoms with Gasteiger partial charge < -0.3 is 10.2 Å². The van der Waals surface area contributed by atoms with Gasteiger partial charge in [-0.05, 0) is 45.3 Å². The van der Waals surface area contributed by atoms with E-state index in [4.69, 9.17) is 0 Å². The number of hydrogen-bond donors (Lipinski definition) is 1. The Morgan fingerprint density at radius 1 is 1.29 bits per heavy atom. The summed E-state index contributed by atoms with van der Waals surface area (Å²) >= 11 is 0. The van der Waals surface area contributed by atoms with Crippen LogP contribution in [0.5, 0.6) is 0 Å². The maximum Gasteiger partial charge on any atom is 0.0249 e. The summed E-state index contributed by atoms with van der Waals surface area (Å²) in [6.07, 6.45) is 1.30. The molecular weight excluding hydrogens is 208 g/mol. The monoisotopic (exact) mass is 232 g/mol. The number of nitrogens with zero attached hydrogens (tertiary/aromatic N) is 1. The third kappa shape index (κ3) is 3.30. The van der Waals surface area contributed by atoms with Gasteiger partial charge in [-0.1, -0.05) is 30.3 Å². The van der Waals surface area contributed by atoms with E-state index in [0.717, 1.165) is 12.5 Å². The smallest absolute Gasteiger partial charge is 0.0249 e. The van der Waals surface area contributed by atoms with Gasteiger partial charge in [0.1, 0.15) is 0 Å². The van der Waals surface area contributed by atoms with Crippen LogP contribution in [0.25, 0.3) is 0 Å². The van der Waals surface area contributed by atoms with Crippen molar-refractivity contribution in [2.45, 2.75) is 31.7 Å². The molecule has 0 saturated carbocycles. The molecular formula is C15H24N2. The van der Waals surface area contributed by atoms with Crippen LogP contribution in [0.15, 0.2) is 30.3 Å². The highest BCUT2D eigenvalue weighted by atomic mass is 15.2. The fraction of sp³-hybridized carbons (Fsp3) is 0.600. The number of likely N-dealkylation sites (N-methyl/N-ethyl adjacent to an activating group) is 1. The minimum Gasteiger partial charge on any atom is -0.314 e. The third-order valence-corrected chi connectivity index (χ3v) is 3.84. The molecule has 1 atom stereocenters. The summed E-state index contributed by atoms with van der Waals surface area (Å²) in [5, 5.41) is 3.38.